The van der Waals surface area contributed by atoms with E-state index in [1.165, 1.54) is 0 Å². The molecule has 2 saturated heterocycles. The first-order valence-corrected chi connectivity index (χ1v) is 12.2. The van der Waals surface area contributed by atoms with Crippen LogP contribution in [0.25, 0.3) is 11.8 Å². The van der Waals surface area contributed by atoms with Crippen molar-refractivity contribution in [3.8, 4) is 11.4 Å². The number of amides is 3. The Bertz CT molecular complexity index is 1310. The third kappa shape index (κ3) is 5.14. The molecule has 9 nitrogen and oxygen atoms in total. The number of rotatable bonds is 6. The van der Waals surface area contributed by atoms with E-state index in [9.17, 15) is 19.5 Å². The van der Waals surface area contributed by atoms with Crippen molar-refractivity contribution in [2.24, 2.45) is 0 Å². The summed E-state index contributed by atoms with van der Waals surface area (Å²) in [4.78, 5) is 41.4. The van der Waals surface area contributed by atoms with E-state index in [4.69, 9.17) is 4.74 Å². The summed E-state index contributed by atoms with van der Waals surface area (Å²) in [6.45, 7) is 2.64. The summed E-state index contributed by atoms with van der Waals surface area (Å²) in [5.41, 5.74) is 3.12. The topological polar surface area (TPSA) is 104 Å². The molecule has 2 aliphatic rings. The highest BCUT2D eigenvalue weighted by Crippen LogP contribution is 2.32. The number of ether oxygens (including phenoxy) is 1. The van der Waals surface area contributed by atoms with E-state index in [0.29, 0.717) is 24.6 Å². The standard InChI is InChI=1S/C26H24N4O5S/c31-22-9-7-20(8-10-22)29-11-1-2-21(29)16-23-25(33)30(26(34)36-23)17-24(32)27-18-3-5-19(6-4-18)28-12-14-35-15-13-28/h1-11,16,31H,12-15,17H2,(H,27,32). The molecule has 3 aromatic rings. The quantitative estimate of drug-likeness (QED) is 0.494. The van der Waals surface area contributed by atoms with Gasteiger partial charge in [-0.15, -0.1) is 0 Å². The number of thioether (sulfide) groups is 1. The van der Waals surface area contributed by atoms with Gasteiger partial charge in [-0.2, -0.15) is 0 Å². The van der Waals surface area contributed by atoms with E-state index in [2.05, 4.69) is 10.2 Å². The second-order valence-electron chi connectivity index (χ2n) is 8.28. The molecular weight excluding hydrogens is 480 g/mol. The van der Waals surface area contributed by atoms with Crippen molar-refractivity contribution in [2.45, 2.75) is 0 Å². The van der Waals surface area contributed by atoms with Gasteiger partial charge in [0, 0.05) is 42.0 Å². The fraction of sp³-hybridized carbons (Fsp3) is 0.192. The molecule has 0 aliphatic carbocycles. The van der Waals surface area contributed by atoms with Gasteiger partial charge in [0.05, 0.1) is 18.1 Å². The normalized spacial score (nSPS) is 17.2. The van der Waals surface area contributed by atoms with Gasteiger partial charge in [-0.05, 0) is 78.5 Å². The summed E-state index contributed by atoms with van der Waals surface area (Å²) in [6.07, 6.45) is 3.44. The summed E-state index contributed by atoms with van der Waals surface area (Å²) < 4.78 is 7.21. The van der Waals surface area contributed by atoms with Gasteiger partial charge < -0.3 is 24.6 Å². The monoisotopic (exact) mass is 504 g/mol. The Morgan fingerprint density at radius 3 is 2.42 bits per heavy atom. The number of carbonyl (C=O) groups is 3. The Labute approximate surface area is 211 Å². The maximum Gasteiger partial charge on any atom is 0.294 e. The summed E-state index contributed by atoms with van der Waals surface area (Å²) in [7, 11) is 0. The van der Waals surface area contributed by atoms with Crippen molar-refractivity contribution < 1.29 is 24.2 Å². The van der Waals surface area contributed by atoms with Gasteiger partial charge in [0.15, 0.2) is 0 Å². The lowest BCUT2D eigenvalue weighted by Crippen LogP contribution is -2.36. The van der Waals surface area contributed by atoms with Gasteiger partial charge in [0.25, 0.3) is 11.1 Å². The Morgan fingerprint density at radius 2 is 1.69 bits per heavy atom. The van der Waals surface area contributed by atoms with Gasteiger partial charge in [-0.3, -0.25) is 19.3 Å². The third-order valence-corrected chi connectivity index (χ3v) is 6.80. The Kier molecular flexibility index (Phi) is 6.79. The van der Waals surface area contributed by atoms with Gasteiger partial charge >= 0.3 is 0 Å². The molecular formula is C26H24N4O5S. The van der Waals surface area contributed by atoms with Gasteiger partial charge in [-0.1, -0.05) is 0 Å². The van der Waals surface area contributed by atoms with Crippen molar-refractivity contribution in [1.29, 1.82) is 0 Å². The summed E-state index contributed by atoms with van der Waals surface area (Å²) >= 11 is 0.802. The van der Waals surface area contributed by atoms with Crippen LogP contribution in [0.4, 0.5) is 16.2 Å². The average molecular weight is 505 g/mol. The maximum absolute atomic E-state index is 12.9. The minimum Gasteiger partial charge on any atom is -0.508 e. The molecule has 10 heteroatoms. The Balaban J connectivity index is 1.23. The number of phenolic OH excluding ortho intramolecular Hbond substituents is 1. The predicted molar refractivity (Wildman–Crippen MR) is 138 cm³/mol. The van der Waals surface area contributed by atoms with Crippen molar-refractivity contribution in [2.75, 3.05) is 43.1 Å². The molecule has 3 heterocycles. The number of hydrogen-bond acceptors (Lipinski definition) is 7. The second-order valence-corrected chi connectivity index (χ2v) is 9.27. The van der Waals surface area contributed by atoms with Crippen LogP contribution in [-0.2, 0) is 14.3 Å². The molecule has 2 aliphatic heterocycles. The summed E-state index contributed by atoms with van der Waals surface area (Å²) in [5.74, 6) is -0.814. The van der Waals surface area contributed by atoms with Crippen LogP contribution >= 0.6 is 11.8 Å². The third-order valence-electron chi connectivity index (χ3n) is 5.89. The number of benzene rings is 2. The first-order valence-electron chi connectivity index (χ1n) is 11.4. The molecule has 0 saturated carbocycles. The van der Waals surface area contributed by atoms with E-state index in [-0.39, 0.29) is 17.2 Å². The number of imide groups is 1. The predicted octanol–water partition coefficient (Wildman–Crippen LogP) is 3.69. The van der Waals surface area contributed by atoms with Crippen LogP contribution < -0.4 is 10.2 Å². The number of anilines is 2. The van der Waals surface area contributed by atoms with Crippen LogP contribution in [0.15, 0.2) is 71.8 Å². The van der Waals surface area contributed by atoms with Crippen molar-refractivity contribution in [3.05, 3.63) is 77.5 Å². The lowest BCUT2D eigenvalue weighted by atomic mass is 10.2. The highest BCUT2D eigenvalue weighted by atomic mass is 32.2. The molecule has 0 unspecified atom stereocenters. The SMILES string of the molecule is O=C(CN1C(=O)SC(=Cc2cccn2-c2ccc(O)cc2)C1=O)Nc1ccc(N2CCOCC2)cc1. The molecule has 5 rings (SSSR count). The average Bonchev–Trinajstić information content (AvgIpc) is 3.45. The number of hydrogen-bond donors (Lipinski definition) is 2. The van der Waals surface area contributed by atoms with Gasteiger partial charge in [-0.25, -0.2) is 0 Å². The Hall–Kier alpha value is -4.02. The van der Waals surface area contributed by atoms with E-state index in [1.807, 2.05) is 35.0 Å². The van der Waals surface area contributed by atoms with E-state index < -0.39 is 17.1 Å². The van der Waals surface area contributed by atoms with Crippen molar-refractivity contribution in [1.82, 2.24) is 9.47 Å². The summed E-state index contributed by atoms with van der Waals surface area (Å²) in [5, 5.41) is 11.8. The molecule has 2 aromatic carbocycles. The van der Waals surface area contributed by atoms with Crippen LogP contribution in [0.1, 0.15) is 5.69 Å². The fourth-order valence-corrected chi connectivity index (χ4v) is 4.87. The van der Waals surface area contributed by atoms with Crippen LogP contribution in [0.3, 0.4) is 0 Å². The number of nitrogens with zero attached hydrogens (tertiary/aromatic N) is 3. The molecule has 3 amide bonds. The van der Waals surface area contributed by atoms with E-state index in [0.717, 1.165) is 41.1 Å². The van der Waals surface area contributed by atoms with Crippen molar-refractivity contribution >= 4 is 46.3 Å². The molecule has 0 radical (unpaired) electrons. The van der Waals surface area contributed by atoms with Crippen LogP contribution in [0.2, 0.25) is 0 Å². The highest BCUT2D eigenvalue weighted by Gasteiger charge is 2.36. The molecule has 2 fully saturated rings. The van der Waals surface area contributed by atoms with Crippen LogP contribution in [-0.4, -0.2) is 64.5 Å². The fourth-order valence-electron chi connectivity index (χ4n) is 4.05. The van der Waals surface area contributed by atoms with E-state index >= 15 is 0 Å². The number of aromatic nitrogens is 1. The molecule has 0 atom stereocenters. The first-order chi connectivity index (χ1) is 17.5. The zero-order chi connectivity index (χ0) is 25.1. The zero-order valence-corrected chi connectivity index (χ0v) is 20.1. The number of aromatic hydroxyl groups is 1. The second kappa shape index (κ2) is 10.3. The molecule has 0 bridgehead atoms. The molecule has 0 spiro atoms. The van der Waals surface area contributed by atoms with Crippen LogP contribution in [0.5, 0.6) is 5.75 Å². The van der Waals surface area contributed by atoms with Gasteiger partial charge in [0.1, 0.15) is 12.3 Å². The molecule has 36 heavy (non-hydrogen) atoms. The van der Waals surface area contributed by atoms with Gasteiger partial charge in [0.2, 0.25) is 5.91 Å². The van der Waals surface area contributed by atoms with Crippen molar-refractivity contribution in [3.63, 3.8) is 0 Å². The maximum atomic E-state index is 12.9. The van der Waals surface area contributed by atoms with E-state index in [1.54, 1.807) is 42.5 Å². The minimum absolute atomic E-state index is 0.153. The highest BCUT2D eigenvalue weighted by molar-refractivity contribution is 8.18. The number of carbonyl (C=O) groups excluding carboxylic acids is 3. The number of morpholine rings is 1. The molecule has 184 valence electrons. The molecule has 1 aromatic heterocycles. The Morgan fingerprint density at radius 1 is 1.00 bits per heavy atom. The minimum atomic E-state index is -0.513. The zero-order valence-electron chi connectivity index (χ0n) is 19.3. The lowest BCUT2D eigenvalue weighted by molar-refractivity contribution is -0.127. The first kappa shape index (κ1) is 23.7. The summed E-state index contributed by atoms with van der Waals surface area (Å²) in [6, 6.07) is 17.7. The number of phenols is 1. The van der Waals surface area contributed by atoms with Crippen LogP contribution in [0, 0.1) is 0 Å². The lowest BCUT2D eigenvalue weighted by Gasteiger charge is -2.28. The smallest absolute Gasteiger partial charge is 0.294 e. The number of nitrogens with one attached hydrogen (secondary N) is 1. The molecule has 2 N–H and O–H groups in total. The largest absolute Gasteiger partial charge is 0.508 e.